The SMILES string of the molecule is Cc1cccc2nc(COC(=O)C(C)N=C3NS(=O)(=O)c4ccccc43)cc(=O)n12. The predicted octanol–water partition coefficient (Wildman–Crippen LogP) is 1.17. The van der Waals surface area contributed by atoms with E-state index in [9.17, 15) is 18.0 Å². The first kappa shape index (κ1) is 19.8. The van der Waals surface area contributed by atoms with Crippen molar-refractivity contribution in [3.8, 4) is 0 Å². The van der Waals surface area contributed by atoms with E-state index in [0.29, 0.717) is 16.9 Å². The molecule has 0 spiro atoms. The second kappa shape index (κ2) is 7.38. The second-order valence-electron chi connectivity index (χ2n) is 6.81. The third-order valence-electron chi connectivity index (χ3n) is 4.62. The molecule has 3 aromatic rings. The molecule has 1 aliphatic rings. The topological polar surface area (TPSA) is 119 Å². The van der Waals surface area contributed by atoms with Crippen molar-refractivity contribution in [2.45, 2.75) is 31.4 Å². The van der Waals surface area contributed by atoms with Gasteiger partial charge >= 0.3 is 5.97 Å². The normalized spacial score (nSPS) is 16.8. The number of nitrogens with one attached hydrogen (secondary N) is 1. The largest absolute Gasteiger partial charge is 0.458 e. The second-order valence-corrected chi connectivity index (χ2v) is 8.46. The molecule has 4 rings (SSSR count). The summed E-state index contributed by atoms with van der Waals surface area (Å²) in [4.78, 5) is 33.3. The van der Waals surface area contributed by atoms with Crippen LogP contribution in [0.1, 0.15) is 23.9 Å². The van der Waals surface area contributed by atoms with E-state index in [4.69, 9.17) is 4.74 Å². The van der Waals surface area contributed by atoms with Crippen LogP contribution in [-0.2, 0) is 26.2 Å². The van der Waals surface area contributed by atoms with Gasteiger partial charge in [-0.05, 0) is 38.1 Å². The molecule has 10 heteroatoms. The van der Waals surface area contributed by atoms with E-state index in [2.05, 4.69) is 14.7 Å². The first-order chi connectivity index (χ1) is 14.3. The van der Waals surface area contributed by atoms with Crippen molar-refractivity contribution < 1.29 is 17.9 Å². The highest BCUT2D eigenvalue weighted by Crippen LogP contribution is 2.22. The van der Waals surface area contributed by atoms with E-state index < -0.39 is 22.0 Å². The van der Waals surface area contributed by atoms with Gasteiger partial charge in [0.05, 0.1) is 10.6 Å². The number of carbonyl (C=O) groups excluding carboxylic acids is 1. The van der Waals surface area contributed by atoms with Gasteiger partial charge in [0.2, 0.25) is 0 Å². The maximum Gasteiger partial charge on any atom is 0.331 e. The van der Waals surface area contributed by atoms with Crippen molar-refractivity contribution >= 4 is 27.5 Å². The summed E-state index contributed by atoms with van der Waals surface area (Å²) in [5.74, 6) is -0.579. The molecule has 0 fully saturated rings. The fourth-order valence-corrected chi connectivity index (χ4v) is 4.42. The van der Waals surface area contributed by atoms with Crippen molar-refractivity contribution in [1.29, 1.82) is 0 Å². The molecule has 30 heavy (non-hydrogen) atoms. The summed E-state index contributed by atoms with van der Waals surface area (Å²) < 4.78 is 33.3. The van der Waals surface area contributed by atoms with Gasteiger partial charge in [-0.3, -0.25) is 18.9 Å². The van der Waals surface area contributed by atoms with Crippen molar-refractivity contribution in [2.75, 3.05) is 0 Å². The van der Waals surface area contributed by atoms with E-state index in [1.807, 2.05) is 0 Å². The van der Waals surface area contributed by atoms with Crippen LogP contribution < -0.4 is 10.3 Å². The molecule has 1 aliphatic heterocycles. The summed E-state index contributed by atoms with van der Waals surface area (Å²) in [5, 5.41) is 0. The van der Waals surface area contributed by atoms with E-state index >= 15 is 0 Å². The molecule has 0 radical (unpaired) electrons. The molecule has 0 amide bonds. The lowest BCUT2D eigenvalue weighted by atomic mass is 10.2. The molecular formula is C20H18N4O5S. The number of aryl methyl sites for hydroxylation is 1. The Morgan fingerprint density at radius 3 is 2.80 bits per heavy atom. The molecule has 1 atom stereocenters. The van der Waals surface area contributed by atoms with Gasteiger partial charge in [0.25, 0.3) is 15.6 Å². The summed E-state index contributed by atoms with van der Waals surface area (Å²) in [6.45, 7) is 3.10. The monoisotopic (exact) mass is 426 g/mol. The fourth-order valence-electron chi connectivity index (χ4n) is 3.18. The molecule has 1 unspecified atom stereocenters. The number of carbonyl (C=O) groups is 1. The van der Waals surface area contributed by atoms with Gasteiger partial charge in [0.1, 0.15) is 24.1 Å². The molecule has 154 valence electrons. The number of amidine groups is 1. The summed E-state index contributed by atoms with van der Waals surface area (Å²) in [6, 6.07) is 12.0. The van der Waals surface area contributed by atoms with Gasteiger partial charge in [-0.25, -0.2) is 18.2 Å². The molecule has 1 aromatic carbocycles. The van der Waals surface area contributed by atoms with Crippen LogP contribution in [0.5, 0.6) is 0 Å². The predicted molar refractivity (Wildman–Crippen MR) is 109 cm³/mol. The molecule has 0 aliphatic carbocycles. The molecule has 3 heterocycles. The average Bonchev–Trinajstić information content (AvgIpc) is 2.96. The number of pyridine rings is 1. The molecule has 0 saturated heterocycles. The lowest BCUT2D eigenvalue weighted by Crippen LogP contribution is -2.27. The van der Waals surface area contributed by atoms with E-state index in [-0.39, 0.29) is 22.9 Å². The quantitative estimate of drug-likeness (QED) is 0.626. The van der Waals surface area contributed by atoms with Crippen molar-refractivity contribution in [3.63, 3.8) is 0 Å². The van der Waals surface area contributed by atoms with Gasteiger partial charge in [0.15, 0.2) is 0 Å². The zero-order valence-corrected chi connectivity index (χ0v) is 17.0. The van der Waals surface area contributed by atoms with Crippen LogP contribution >= 0.6 is 0 Å². The molecule has 1 N–H and O–H groups in total. The summed E-state index contributed by atoms with van der Waals surface area (Å²) in [6.07, 6.45) is 0. The maximum atomic E-state index is 12.4. The number of hydrogen-bond acceptors (Lipinski definition) is 7. The van der Waals surface area contributed by atoms with E-state index in [0.717, 1.165) is 5.69 Å². The number of nitrogens with zero attached hydrogens (tertiary/aromatic N) is 3. The smallest absolute Gasteiger partial charge is 0.331 e. The third-order valence-corrected chi connectivity index (χ3v) is 6.02. The van der Waals surface area contributed by atoms with E-state index in [1.165, 1.54) is 23.5 Å². The summed E-state index contributed by atoms with van der Waals surface area (Å²) in [5.41, 5.74) is 1.65. The average molecular weight is 426 g/mol. The zero-order valence-electron chi connectivity index (χ0n) is 16.2. The number of fused-ring (bicyclic) bond motifs is 2. The Morgan fingerprint density at radius 1 is 1.23 bits per heavy atom. The number of aromatic nitrogens is 2. The minimum Gasteiger partial charge on any atom is -0.458 e. The van der Waals surface area contributed by atoms with Gasteiger partial charge in [-0.2, -0.15) is 0 Å². The van der Waals surface area contributed by atoms with Gasteiger partial charge in [-0.15, -0.1) is 0 Å². The minimum absolute atomic E-state index is 0.0904. The molecular weight excluding hydrogens is 408 g/mol. The van der Waals surface area contributed by atoms with Gasteiger partial charge in [0, 0.05) is 17.3 Å². The van der Waals surface area contributed by atoms with E-state index in [1.54, 1.807) is 43.3 Å². The van der Waals surface area contributed by atoms with Crippen molar-refractivity contribution in [2.24, 2.45) is 4.99 Å². The van der Waals surface area contributed by atoms with Crippen molar-refractivity contribution in [3.05, 3.63) is 75.8 Å². The van der Waals surface area contributed by atoms with Gasteiger partial charge < -0.3 is 4.74 Å². The lowest BCUT2D eigenvalue weighted by Gasteiger charge is -2.10. The highest BCUT2D eigenvalue weighted by molar-refractivity contribution is 7.90. The number of ether oxygens (including phenoxy) is 1. The number of esters is 1. The summed E-state index contributed by atoms with van der Waals surface area (Å²) in [7, 11) is -3.69. The highest BCUT2D eigenvalue weighted by atomic mass is 32.2. The van der Waals surface area contributed by atoms with Gasteiger partial charge in [-0.1, -0.05) is 18.2 Å². The fraction of sp³-hybridized carbons (Fsp3) is 0.200. The van der Waals surface area contributed by atoms with Crippen LogP contribution in [-0.4, -0.2) is 35.6 Å². The number of rotatable bonds is 4. The van der Waals surface area contributed by atoms with Crippen LogP contribution in [0.25, 0.3) is 5.65 Å². The number of hydrogen-bond donors (Lipinski definition) is 1. The van der Waals surface area contributed by atoms with Crippen LogP contribution in [0, 0.1) is 6.92 Å². The van der Waals surface area contributed by atoms with Crippen LogP contribution in [0.2, 0.25) is 0 Å². The lowest BCUT2D eigenvalue weighted by molar-refractivity contribution is -0.146. The Hall–Kier alpha value is -3.53. The Morgan fingerprint density at radius 2 is 2.00 bits per heavy atom. The molecule has 0 bridgehead atoms. The summed E-state index contributed by atoms with van der Waals surface area (Å²) >= 11 is 0. The number of sulfonamides is 1. The molecule has 2 aromatic heterocycles. The van der Waals surface area contributed by atoms with Crippen LogP contribution in [0.15, 0.2) is 63.2 Å². The standard InChI is InChI=1S/C20H18N4O5S/c1-12-6-5-9-17-22-14(10-18(25)24(12)17)11-29-20(26)13(2)21-19-15-7-3-4-8-16(15)30(27,28)23-19/h3-10,13H,11H2,1-2H3,(H,21,23). The first-order valence-electron chi connectivity index (χ1n) is 9.11. The molecule has 0 saturated carbocycles. The highest BCUT2D eigenvalue weighted by Gasteiger charge is 2.31. The zero-order chi connectivity index (χ0) is 21.5. The molecule has 9 nitrogen and oxygen atoms in total. The Labute approximate surface area is 172 Å². The maximum absolute atomic E-state index is 12.4. The Balaban J connectivity index is 1.51. The third kappa shape index (κ3) is 3.57. The van der Waals surface area contributed by atoms with Crippen LogP contribution in [0.4, 0.5) is 0 Å². The number of aliphatic imine (C=N–C) groups is 1. The van der Waals surface area contributed by atoms with Crippen LogP contribution in [0.3, 0.4) is 0 Å². The Bertz CT molecular complexity index is 1360. The number of benzene rings is 1. The minimum atomic E-state index is -3.69. The Kier molecular flexibility index (Phi) is 4.86. The first-order valence-corrected chi connectivity index (χ1v) is 10.6. The van der Waals surface area contributed by atoms with Crippen molar-refractivity contribution in [1.82, 2.24) is 14.1 Å².